The topological polar surface area (TPSA) is 41.6 Å². The van der Waals surface area contributed by atoms with Crippen molar-refractivity contribution in [3.8, 4) is 0 Å². The maximum atomic E-state index is 13.0. The number of carbonyl (C=O) groups excluding carboxylic acids is 1. The van der Waals surface area contributed by atoms with Crippen LogP contribution in [0.5, 0.6) is 0 Å². The summed E-state index contributed by atoms with van der Waals surface area (Å²) in [5, 5.41) is 3.12. The molecule has 0 saturated heterocycles. The third-order valence-corrected chi connectivity index (χ3v) is 5.24. The van der Waals surface area contributed by atoms with E-state index in [1.807, 2.05) is 46.0 Å². The van der Waals surface area contributed by atoms with Crippen molar-refractivity contribution in [1.29, 1.82) is 0 Å². The van der Waals surface area contributed by atoms with Gasteiger partial charge in [0.2, 0.25) is 0 Å². The van der Waals surface area contributed by atoms with Gasteiger partial charge in [-0.15, -0.1) is 13.2 Å². The van der Waals surface area contributed by atoms with Crippen LogP contribution in [0, 0.1) is 11.6 Å². The molecule has 0 spiro atoms. The molecule has 35 heavy (non-hydrogen) atoms. The van der Waals surface area contributed by atoms with Gasteiger partial charge in [0.1, 0.15) is 17.2 Å². The van der Waals surface area contributed by atoms with Crippen LogP contribution in [0.4, 0.5) is 13.6 Å². The van der Waals surface area contributed by atoms with Crippen LogP contribution >= 0.6 is 0 Å². The van der Waals surface area contributed by atoms with Gasteiger partial charge in [-0.2, -0.15) is 0 Å². The van der Waals surface area contributed by atoms with Crippen molar-refractivity contribution in [2.24, 2.45) is 0 Å². The highest BCUT2D eigenvalue weighted by molar-refractivity contribution is 5.67. The molecule has 0 aliphatic carbocycles. The lowest BCUT2D eigenvalue weighted by Gasteiger charge is -2.27. The Hall–Kier alpha value is -2.99. The lowest BCUT2D eigenvalue weighted by Crippen LogP contribution is -2.36. The summed E-state index contributed by atoms with van der Waals surface area (Å²) in [5.74, 6) is 0.00544. The second-order valence-corrected chi connectivity index (χ2v) is 9.46. The van der Waals surface area contributed by atoms with E-state index >= 15 is 0 Å². The third kappa shape index (κ3) is 11.8. The summed E-state index contributed by atoms with van der Waals surface area (Å²) in [4.78, 5) is 13.5. The van der Waals surface area contributed by atoms with Gasteiger partial charge in [0, 0.05) is 26.1 Å². The minimum Gasteiger partial charge on any atom is -0.444 e. The molecule has 0 saturated carbocycles. The molecule has 2 aromatic carbocycles. The van der Waals surface area contributed by atoms with E-state index in [1.165, 1.54) is 24.3 Å². The fourth-order valence-corrected chi connectivity index (χ4v) is 3.52. The molecule has 4 nitrogen and oxygen atoms in total. The Morgan fingerprint density at radius 3 is 1.77 bits per heavy atom. The molecule has 0 bridgehead atoms. The second-order valence-electron chi connectivity index (χ2n) is 9.46. The van der Waals surface area contributed by atoms with Crippen molar-refractivity contribution in [1.82, 2.24) is 10.2 Å². The third-order valence-electron chi connectivity index (χ3n) is 5.24. The van der Waals surface area contributed by atoms with Gasteiger partial charge in [0.05, 0.1) is 0 Å². The summed E-state index contributed by atoms with van der Waals surface area (Å²) in [7, 11) is 3.62. The molecule has 2 rings (SSSR count). The van der Waals surface area contributed by atoms with Crippen LogP contribution < -0.4 is 5.32 Å². The van der Waals surface area contributed by atoms with Gasteiger partial charge in [-0.1, -0.05) is 36.4 Å². The largest absolute Gasteiger partial charge is 0.444 e. The molecule has 2 atom stereocenters. The van der Waals surface area contributed by atoms with E-state index in [0.717, 1.165) is 24.1 Å². The zero-order valence-corrected chi connectivity index (χ0v) is 21.7. The van der Waals surface area contributed by atoms with Crippen molar-refractivity contribution in [2.75, 3.05) is 27.2 Å². The Bertz CT molecular complexity index is 906. The first-order valence-electron chi connectivity index (χ1n) is 11.8. The maximum Gasteiger partial charge on any atom is 0.410 e. The van der Waals surface area contributed by atoms with Crippen LogP contribution in [-0.4, -0.2) is 43.8 Å². The molecule has 0 heterocycles. The first-order valence-corrected chi connectivity index (χ1v) is 11.8. The van der Waals surface area contributed by atoms with Gasteiger partial charge in [-0.3, -0.25) is 0 Å². The summed E-state index contributed by atoms with van der Waals surface area (Å²) >= 11 is 0. The summed E-state index contributed by atoms with van der Waals surface area (Å²) in [6.45, 7) is 14.3. The molecule has 0 fully saturated rings. The monoisotopic (exact) mass is 486 g/mol. The molecule has 0 aliphatic heterocycles. The number of benzene rings is 2. The molecule has 0 aliphatic rings. The minimum absolute atomic E-state index is 0.0700. The molecule has 1 N–H and O–H groups in total. The summed E-state index contributed by atoms with van der Waals surface area (Å²) in [6.07, 6.45) is 4.95. The lowest BCUT2D eigenvalue weighted by molar-refractivity contribution is 0.0289. The molecule has 1 amide bonds. The lowest BCUT2D eigenvalue weighted by atomic mass is 9.95. The summed E-state index contributed by atoms with van der Waals surface area (Å²) < 4.78 is 31.0. The Kier molecular flexibility index (Phi) is 13.0. The van der Waals surface area contributed by atoms with E-state index in [1.54, 1.807) is 30.2 Å². The highest BCUT2D eigenvalue weighted by atomic mass is 19.1. The quantitative estimate of drug-likeness (QED) is 0.366. The number of allylic oxidation sites excluding steroid dienone is 2. The van der Waals surface area contributed by atoms with Crippen LogP contribution in [-0.2, 0) is 4.74 Å². The van der Waals surface area contributed by atoms with E-state index in [9.17, 15) is 13.6 Å². The first-order chi connectivity index (χ1) is 16.5. The summed E-state index contributed by atoms with van der Waals surface area (Å²) in [6, 6.07) is 13.0. The number of amides is 1. The zero-order valence-electron chi connectivity index (χ0n) is 21.7. The standard InChI is InChI=1S/C17H24FNO2.C12H16FN/c1-6-7-14(13-8-10-15(18)11-9-13)12-19(5)16(20)21-17(2,3)4;1-3-4-11(9-14-2)10-5-7-12(13)8-6-10/h6,8-11,14H,1,7,12H2,2-5H3;3,5-8,11,14H,1,4,9H2,2H3. The molecule has 2 unspecified atom stereocenters. The van der Waals surface area contributed by atoms with Crippen LogP contribution in [0.25, 0.3) is 0 Å². The van der Waals surface area contributed by atoms with E-state index in [4.69, 9.17) is 4.74 Å². The number of halogens is 2. The predicted octanol–water partition coefficient (Wildman–Crippen LogP) is 7.06. The normalized spacial score (nSPS) is 12.5. The summed E-state index contributed by atoms with van der Waals surface area (Å²) in [5.41, 5.74) is 1.61. The zero-order chi connectivity index (χ0) is 26.4. The van der Waals surface area contributed by atoms with Gasteiger partial charge in [0.25, 0.3) is 0 Å². The first kappa shape index (κ1) is 30.0. The Balaban J connectivity index is 0.000000379. The predicted molar refractivity (Wildman–Crippen MR) is 141 cm³/mol. The highest BCUT2D eigenvalue weighted by Crippen LogP contribution is 2.22. The minimum atomic E-state index is -0.519. The number of likely N-dealkylation sites (N-methyl/N-ethyl adjacent to an activating group) is 2. The fraction of sp³-hybridized carbons (Fsp3) is 0.414. The smallest absolute Gasteiger partial charge is 0.410 e. The van der Waals surface area contributed by atoms with Gasteiger partial charge >= 0.3 is 6.09 Å². The van der Waals surface area contributed by atoms with Crippen molar-refractivity contribution in [2.45, 2.75) is 51.0 Å². The van der Waals surface area contributed by atoms with Crippen molar-refractivity contribution < 1.29 is 18.3 Å². The van der Waals surface area contributed by atoms with Gasteiger partial charge < -0.3 is 15.0 Å². The molecule has 192 valence electrons. The molecule has 6 heteroatoms. The van der Waals surface area contributed by atoms with E-state index in [-0.39, 0.29) is 23.6 Å². The van der Waals surface area contributed by atoms with E-state index < -0.39 is 5.60 Å². The van der Waals surface area contributed by atoms with Crippen molar-refractivity contribution in [3.63, 3.8) is 0 Å². The number of nitrogens with one attached hydrogen (secondary N) is 1. The van der Waals surface area contributed by atoms with E-state index in [0.29, 0.717) is 18.9 Å². The Morgan fingerprint density at radius 2 is 1.37 bits per heavy atom. The number of carbonyl (C=O) groups is 1. The number of ether oxygens (including phenoxy) is 1. The van der Waals surface area contributed by atoms with E-state index in [2.05, 4.69) is 18.5 Å². The number of hydrogen-bond donors (Lipinski definition) is 1. The fourth-order valence-electron chi connectivity index (χ4n) is 3.52. The second kappa shape index (κ2) is 15.1. The van der Waals surface area contributed by atoms with Crippen LogP contribution in [0.15, 0.2) is 73.8 Å². The Labute approximate surface area is 209 Å². The van der Waals surface area contributed by atoms with Gasteiger partial charge in [-0.05, 0) is 82.0 Å². The number of nitrogens with zero attached hydrogens (tertiary/aromatic N) is 1. The number of hydrogen-bond acceptors (Lipinski definition) is 3. The maximum absolute atomic E-state index is 13.0. The van der Waals surface area contributed by atoms with Crippen LogP contribution in [0.2, 0.25) is 0 Å². The average molecular weight is 487 g/mol. The van der Waals surface area contributed by atoms with Crippen LogP contribution in [0.3, 0.4) is 0 Å². The highest BCUT2D eigenvalue weighted by Gasteiger charge is 2.22. The molecule has 0 radical (unpaired) electrons. The molecule has 0 aromatic heterocycles. The molecule has 2 aromatic rings. The van der Waals surface area contributed by atoms with Crippen LogP contribution in [0.1, 0.15) is 56.6 Å². The van der Waals surface area contributed by atoms with Gasteiger partial charge in [0.15, 0.2) is 0 Å². The number of rotatable bonds is 10. The molecular formula is C29H40F2N2O2. The van der Waals surface area contributed by atoms with Crippen molar-refractivity contribution in [3.05, 3.63) is 96.6 Å². The average Bonchev–Trinajstić information content (AvgIpc) is 2.79. The molecular weight excluding hydrogens is 446 g/mol. The SMILES string of the molecule is C=CCC(CN(C)C(=O)OC(C)(C)C)c1ccc(F)cc1.C=CCC(CNC)c1ccc(F)cc1. The Morgan fingerprint density at radius 1 is 0.943 bits per heavy atom. The van der Waals surface area contributed by atoms with Crippen molar-refractivity contribution >= 4 is 6.09 Å². The van der Waals surface area contributed by atoms with Gasteiger partial charge in [-0.25, -0.2) is 13.6 Å².